The number of rotatable bonds is 7. The number of aromatic nitrogens is 4. The van der Waals surface area contributed by atoms with Crippen molar-refractivity contribution in [1.82, 2.24) is 29.3 Å². The molecular weight excluding hydrogens is 414 g/mol. The summed E-state index contributed by atoms with van der Waals surface area (Å²) < 4.78 is 1.81. The Morgan fingerprint density at radius 2 is 1.52 bits per heavy atom. The number of imidazole rings is 1. The Labute approximate surface area is 192 Å². The van der Waals surface area contributed by atoms with E-state index in [1.807, 2.05) is 4.57 Å². The maximum absolute atomic E-state index is 10.8. The highest BCUT2D eigenvalue weighted by molar-refractivity contribution is 5.68. The Morgan fingerprint density at radius 3 is 2.15 bits per heavy atom. The highest BCUT2D eigenvalue weighted by atomic mass is 16.3. The van der Waals surface area contributed by atoms with E-state index in [1.54, 1.807) is 12.7 Å². The summed E-state index contributed by atoms with van der Waals surface area (Å²) in [5.74, 6) is 0. The molecule has 1 saturated heterocycles. The maximum Gasteiger partial charge on any atom is 0.173 e. The van der Waals surface area contributed by atoms with Gasteiger partial charge in [-0.05, 0) is 11.1 Å². The number of fused-ring (bicyclic) bond motifs is 1. The van der Waals surface area contributed by atoms with E-state index in [4.69, 9.17) is 5.41 Å². The van der Waals surface area contributed by atoms with Crippen molar-refractivity contribution in [2.75, 3.05) is 32.7 Å². The Bertz CT molecular complexity index is 1190. The normalized spacial score (nSPS) is 16.4. The van der Waals surface area contributed by atoms with Crippen molar-refractivity contribution in [3.8, 4) is 0 Å². The number of aliphatic hydroxyl groups excluding tert-OH is 1. The van der Waals surface area contributed by atoms with Gasteiger partial charge < -0.3 is 14.7 Å². The molecule has 8 nitrogen and oxygen atoms in total. The predicted molar refractivity (Wildman–Crippen MR) is 126 cm³/mol. The highest BCUT2D eigenvalue weighted by Crippen LogP contribution is 2.29. The van der Waals surface area contributed by atoms with Crippen molar-refractivity contribution < 1.29 is 5.11 Å². The fourth-order valence-corrected chi connectivity index (χ4v) is 4.73. The molecule has 0 amide bonds. The molecule has 0 saturated carbocycles. The zero-order valence-corrected chi connectivity index (χ0v) is 18.5. The van der Waals surface area contributed by atoms with Crippen LogP contribution in [0.25, 0.3) is 11.2 Å². The van der Waals surface area contributed by atoms with Crippen molar-refractivity contribution in [2.24, 2.45) is 0 Å². The number of aliphatic hydroxyl groups is 1. The van der Waals surface area contributed by atoms with Gasteiger partial charge in [-0.15, -0.1) is 0 Å². The first kappa shape index (κ1) is 21.5. The third kappa shape index (κ3) is 4.73. The molecule has 1 unspecified atom stereocenters. The van der Waals surface area contributed by atoms with Gasteiger partial charge in [0.2, 0.25) is 0 Å². The van der Waals surface area contributed by atoms with Gasteiger partial charge in [-0.3, -0.25) is 15.2 Å². The van der Waals surface area contributed by atoms with Crippen LogP contribution < -0.4 is 5.49 Å². The molecule has 1 atom stereocenters. The van der Waals surface area contributed by atoms with Crippen LogP contribution in [0.1, 0.15) is 17.2 Å². The zero-order valence-electron chi connectivity index (χ0n) is 18.5. The van der Waals surface area contributed by atoms with Crippen LogP contribution in [-0.4, -0.2) is 73.3 Å². The van der Waals surface area contributed by atoms with Crippen LogP contribution >= 0.6 is 0 Å². The lowest BCUT2D eigenvalue weighted by molar-refractivity contribution is 0.0558. The summed E-state index contributed by atoms with van der Waals surface area (Å²) in [4.78, 5) is 16.2. The molecule has 1 fully saturated rings. The van der Waals surface area contributed by atoms with Crippen LogP contribution in [0, 0.1) is 5.41 Å². The number of piperazine rings is 1. The van der Waals surface area contributed by atoms with Gasteiger partial charge >= 0.3 is 0 Å². The van der Waals surface area contributed by atoms with E-state index in [9.17, 15) is 5.11 Å². The lowest BCUT2D eigenvalue weighted by Crippen LogP contribution is -2.50. The van der Waals surface area contributed by atoms with Crippen LogP contribution in [0.5, 0.6) is 0 Å². The monoisotopic (exact) mass is 443 g/mol. The molecule has 3 N–H and O–H groups in total. The molecule has 8 heteroatoms. The molecule has 2 aromatic heterocycles. The third-order valence-electron chi connectivity index (χ3n) is 6.33. The van der Waals surface area contributed by atoms with Gasteiger partial charge in [-0.1, -0.05) is 60.7 Å². The second-order valence-corrected chi connectivity index (χ2v) is 8.56. The molecule has 0 aliphatic carbocycles. The summed E-state index contributed by atoms with van der Waals surface area (Å²) in [7, 11) is 0. The molecule has 0 bridgehead atoms. The van der Waals surface area contributed by atoms with Crippen LogP contribution in [0.3, 0.4) is 0 Å². The Balaban J connectivity index is 1.23. The van der Waals surface area contributed by atoms with Gasteiger partial charge in [-0.25, -0.2) is 9.97 Å². The molecular formula is C25H29N7O. The number of nitrogens with one attached hydrogen (secondary N) is 2. The Morgan fingerprint density at radius 1 is 0.879 bits per heavy atom. The standard InChI is InChI=1S/C25H29N7O/c26-24-22-25(28-17-27-22)32(18-29-24)16-21(33)15-30-11-13-31(14-12-30)23(19-7-3-1-4-8-19)20-9-5-2-6-10-20/h1-10,17-18,21,23,26,33H,11-16H2,(H,27,28). The number of aromatic amines is 1. The van der Waals surface area contributed by atoms with E-state index in [2.05, 4.69) is 85.4 Å². The van der Waals surface area contributed by atoms with Crippen molar-refractivity contribution >= 4 is 11.2 Å². The topological polar surface area (TPSA) is 97.1 Å². The first-order valence-corrected chi connectivity index (χ1v) is 11.4. The van der Waals surface area contributed by atoms with Crippen LogP contribution in [0.4, 0.5) is 0 Å². The Kier molecular flexibility index (Phi) is 6.30. The fraction of sp³-hybridized carbons (Fsp3) is 0.320. The predicted octanol–water partition coefficient (Wildman–Crippen LogP) is 2.01. The average Bonchev–Trinajstić information content (AvgIpc) is 3.35. The van der Waals surface area contributed by atoms with E-state index in [0.29, 0.717) is 24.3 Å². The molecule has 1 aliphatic rings. The molecule has 4 aromatic rings. The number of hydrogen-bond acceptors (Lipinski definition) is 6. The van der Waals surface area contributed by atoms with Gasteiger partial charge in [0.1, 0.15) is 5.52 Å². The van der Waals surface area contributed by atoms with Gasteiger partial charge in [-0.2, -0.15) is 0 Å². The first-order chi connectivity index (χ1) is 16.2. The van der Waals surface area contributed by atoms with Gasteiger partial charge in [0.15, 0.2) is 11.1 Å². The second-order valence-electron chi connectivity index (χ2n) is 8.56. The minimum Gasteiger partial charge on any atom is -0.390 e. The minimum atomic E-state index is -0.543. The molecule has 170 valence electrons. The van der Waals surface area contributed by atoms with Crippen molar-refractivity contribution in [3.05, 3.63) is 89.9 Å². The molecule has 3 heterocycles. The van der Waals surface area contributed by atoms with E-state index in [1.165, 1.54) is 11.1 Å². The number of β-amino-alcohol motifs (C(OH)–C–C–N with tert-alkyl or cyclic N) is 1. The van der Waals surface area contributed by atoms with Crippen LogP contribution in [0.15, 0.2) is 73.3 Å². The third-order valence-corrected chi connectivity index (χ3v) is 6.33. The average molecular weight is 444 g/mol. The van der Waals surface area contributed by atoms with Crippen molar-refractivity contribution in [2.45, 2.75) is 18.7 Å². The zero-order chi connectivity index (χ0) is 22.6. The number of benzene rings is 2. The van der Waals surface area contributed by atoms with E-state index < -0.39 is 6.10 Å². The Hall–Kier alpha value is -3.33. The number of hydrogen-bond donors (Lipinski definition) is 3. The summed E-state index contributed by atoms with van der Waals surface area (Å²) in [6.07, 6.45) is 2.60. The second kappa shape index (κ2) is 9.66. The lowest BCUT2D eigenvalue weighted by atomic mass is 9.96. The van der Waals surface area contributed by atoms with Crippen LogP contribution in [-0.2, 0) is 6.54 Å². The minimum absolute atomic E-state index is 0.163. The first-order valence-electron chi connectivity index (χ1n) is 11.4. The summed E-state index contributed by atoms with van der Waals surface area (Å²) in [5.41, 5.74) is 4.01. The quantitative estimate of drug-likeness (QED) is 0.406. The molecule has 5 rings (SSSR count). The molecule has 0 radical (unpaired) electrons. The molecule has 33 heavy (non-hydrogen) atoms. The highest BCUT2D eigenvalue weighted by Gasteiger charge is 2.27. The summed E-state index contributed by atoms with van der Waals surface area (Å²) >= 11 is 0. The summed E-state index contributed by atoms with van der Waals surface area (Å²) in [6.45, 7) is 4.67. The molecule has 1 aliphatic heterocycles. The number of H-pyrrole nitrogens is 1. The fourth-order valence-electron chi connectivity index (χ4n) is 4.73. The van der Waals surface area contributed by atoms with E-state index >= 15 is 0 Å². The van der Waals surface area contributed by atoms with E-state index in [0.717, 1.165) is 26.2 Å². The van der Waals surface area contributed by atoms with Crippen molar-refractivity contribution in [3.63, 3.8) is 0 Å². The van der Waals surface area contributed by atoms with Gasteiger partial charge in [0, 0.05) is 32.7 Å². The van der Waals surface area contributed by atoms with Crippen LogP contribution in [0.2, 0.25) is 0 Å². The number of nitrogens with zero attached hydrogens (tertiary/aromatic N) is 5. The maximum atomic E-state index is 10.8. The lowest BCUT2D eigenvalue weighted by Gasteiger charge is -2.40. The van der Waals surface area contributed by atoms with E-state index in [-0.39, 0.29) is 11.5 Å². The van der Waals surface area contributed by atoms with Gasteiger partial charge in [0.25, 0.3) is 0 Å². The smallest absolute Gasteiger partial charge is 0.173 e. The van der Waals surface area contributed by atoms with Crippen molar-refractivity contribution in [1.29, 1.82) is 5.41 Å². The summed E-state index contributed by atoms with van der Waals surface area (Å²) in [5, 5.41) is 18.6. The largest absolute Gasteiger partial charge is 0.390 e. The molecule has 0 spiro atoms. The SMILES string of the molecule is N=c1ncn(CC(O)CN2CCN(C(c3ccccc3)c3ccccc3)CC2)c2nc[nH]c12. The molecule has 2 aromatic carbocycles. The summed E-state index contributed by atoms with van der Waals surface area (Å²) in [6, 6.07) is 21.6. The van der Waals surface area contributed by atoms with Gasteiger partial charge in [0.05, 0.1) is 31.3 Å².